The molecule has 138 valence electrons. The van der Waals surface area contributed by atoms with Gasteiger partial charge in [-0.2, -0.15) is 0 Å². The van der Waals surface area contributed by atoms with E-state index < -0.39 is 0 Å². The molecule has 1 fully saturated rings. The van der Waals surface area contributed by atoms with Gasteiger partial charge in [-0.05, 0) is 43.4 Å². The molecule has 0 amide bonds. The molecule has 1 saturated heterocycles. The van der Waals surface area contributed by atoms with Crippen LogP contribution in [0.2, 0.25) is 0 Å². The Morgan fingerprint density at radius 1 is 1.07 bits per heavy atom. The van der Waals surface area contributed by atoms with E-state index in [-0.39, 0.29) is 5.56 Å². The zero-order valence-corrected chi connectivity index (χ0v) is 15.3. The first-order valence-electron chi connectivity index (χ1n) is 9.19. The molecule has 3 aromatic heterocycles. The molecule has 1 aliphatic heterocycles. The first-order valence-corrected chi connectivity index (χ1v) is 9.19. The van der Waals surface area contributed by atoms with Crippen molar-refractivity contribution in [1.29, 1.82) is 0 Å². The van der Waals surface area contributed by atoms with Crippen molar-refractivity contribution < 1.29 is 0 Å². The highest BCUT2D eigenvalue weighted by atomic mass is 16.1. The predicted molar refractivity (Wildman–Crippen MR) is 103 cm³/mol. The Kier molecular flexibility index (Phi) is 4.91. The Hall–Kier alpha value is -3.09. The van der Waals surface area contributed by atoms with Gasteiger partial charge >= 0.3 is 0 Å². The highest BCUT2D eigenvalue weighted by Crippen LogP contribution is 2.21. The molecule has 0 saturated carbocycles. The Balaban J connectivity index is 1.39. The van der Waals surface area contributed by atoms with E-state index in [9.17, 15) is 4.79 Å². The molecular weight excluding hydrogens is 340 g/mol. The van der Waals surface area contributed by atoms with Gasteiger partial charge < -0.3 is 4.90 Å². The maximum absolute atomic E-state index is 12.5. The fraction of sp³-hybridized carbons (Fsp3) is 0.350. The van der Waals surface area contributed by atoms with Gasteiger partial charge in [0.2, 0.25) is 5.95 Å². The largest absolute Gasteiger partial charge is 0.341 e. The van der Waals surface area contributed by atoms with Crippen molar-refractivity contribution in [3.05, 3.63) is 65.2 Å². The molecule has 0 radical (unpaired) electrons. The van der Waals surface area contributed by atoms with Crippen LogP contribution in [0.4, 0.5) is 5.95 Å². The first kappa shape index (κ1) is 17.3. The molecule has 4 rings (SSSR count). The Morgan fingerprint density at radius 2 is 1.78 bits per heavy atom. The third-order valence-electron chi connectivity index (χ3n) is 4.98. The van der Waals surface area contributed by atoms with E-state index in [0.717, 1.165) is 43.0 Å². The van der Waals surface area contributed by atoms with Crippen LogP contribution in [0.3, 0.4) is 0 Å². The molecule has 0 spiro atoms. The van der Waals surface area contributed by atoms with Crippen LogP contribution in [0.1, 0.15) is 18.4 Å². The molecule has 4 heterocycles. The van der Waals surface area contributed by atoms with E-state index >= 15 is 0 Å². The van der Waals surface area contributed by atoms with Gasteiger partial charge in [0.1, 0.15) is 0 Å². The minimum Gasteiger partial charge on any atom is -0.341 e. The second-order valence-electron chi connectivity index (χ2n) is 6.99. The van der Waals surface area contributed by atoms with Crippen molar-refractivity contribution in [2.24, 2.45) is 5.92 Å². The number of rotatable bonds is 4. The summed E-state index contributed by atoms with van der Waals surface area (Å²) in [7, 11) is 0. The van der Waals surface area contributed by atoms with Crippen molar-refractivity contribution in [1.82, 2.24) is 24.5 Å². The number of anilines is 1. The highest BCUT2D eigenvalue weighted by Gasteiger charge is 2.21. The van der Waals surface area contributed by atoms with Crippen LogP contribution in [-0.4, -0.2) is 37.6 Å². The van der Waals surface area contributed by atoms with E-state index in [1.54, 1.807) is 29.4 Å². The maximum Gasteiger partial charge on any atom is 0.253 e. The normalized spacial score (nSPS) is 15.1. The lowest BCUT2D eigenvalue weighted by Gasteiger charge is -2.32. The number of pyridine rings is 1. The highest BCUT2D eigenvalue weighted by molar-refractivity contribution is 5.57. The summed E-state index contributed by atoms with van der Waals surface area (Å²) in [4.78, 5) is 32.0. The molecular formula is C20H22N6O. The summed E-state index contributed by atoms with van der Waals surface area (Å²) in [6.45, 7) is 4.50. The lowest BCUT2D eigenvalue weighted by molar-refractivity contribution is 0.349. The summed E-state index contributed by atoms with van der Waals surface area (Å²) in [6.07, 6.45) is 10.8. The van der Waals surface area contributed by atoms with Crippen molar-refractivity contribution >= 4 is 5.95 Å². The third-order valence-corrected chi connectivity index (χ3v) is 4.98. The molecule has 0 aromatic carbocycles. The number of aryl methyl sites for hydroxylation is 1. The summed E-state index contributed by atoms with van der Waals surface area (Å²) in [5.74, 6) is 1.25. The number of hydrogen-bond donors (Lipinski definition) is 0. The number of aromatic nitrogens is 5. The Bertz CT molecular complexity index is 946. The van der Waals surface area contributed by atoms with Gasteiger partial charge in [-0.1, -0.05) is 0 Å². The minimum absolute atomic E-state index is 0.0129. The van der Waals surface area contributed by atoms with Crippen LogP contribution in [-0.2, 0) is 6.54 Å². The summed E-state index contributed by atoms with van der Waals surface area (Å²) in [5.41, 5.74) is 2.64. The average molecular weight is 362 g/mol. The Morgan fingerprint density at radius 3 is 2.44 bits per heavy atom. The lowest BCUT2D eigenvalue weighted by atomic mass is 9.97. The summed E-state index contributed by atoms with van der Waals surface area (Å²) in [5, 5.41) is 0. The molecule has 7 heteroatoms. The average Bonchev–Trinajstić information content (AvgIpc) is 2.71. The van der Waals surface area contributed by atoms with Gasteiger partial charge in [-0.15, -0.1) is 0 Å². The summed E-state index contributed by atoms with van der Waals surface area (Å²) in [6, 6.07) is 5.31. The third kappa shape index (κ3) is 4.02. The van der Waals surface area contributed by atoms with Gasteiger partial charge in [0, 0.05) is 56.1 Å². The fourth-order valence-electron chi connectivity index (χ4n) is 3.39. The number of nitrogens with zero attached hydrogens (tertiary/aromatic N) is 6. The van der Waals surface area contributed by atoms with Gasteiger partial charge in [-0.25, -0.2) is 15.0 Å². The van der Waals surface area contributed by atoms with Crippen molar-refractivity contribution in [2.45, 2.75) is 26.3 Å². The topological polar surface area (TPSA) is 76.8 Å². The molecule has 3 aromatic rings. The lowest BCUT2D eigenvalue weighted by Crippen LogP contribution is -2.37. The van der Waals surface area contributed by atoms with E-state index in [1.165, 1.54) is 0 Å². The molecule has 27 heavy (non-hydrogen) atoms. The van der Waals surface area contributed by atoms with Crippen LogP contribution in [0.5, 0.6) is 0 Å². The van der Waals surface area contributed by atoms with Gasteiger partial charge in [0.05, 0.1) is 12.0 Å². The SMILES string of the molecule is Cc1cnc(N2CCC(Cn3cnc(-c4ccncc4)cc3=O)CC2)nc1. The van der Waals surface area contributed by atoms with Crippen molar-refractivity contribution in [3.63, 3.8) is 0 Å². The first-order chi connectivity index (χ1) is 13.2. The van der Waals surface area contributed by atoms with Crippen LogP contribution in [0.15, 0.2) is 54.1 Å². The van der Waals surface area contributed by atoms with Gasteiger partial charge in [0.25, 0.3) is 5.56 Å². The molecule has 0 unspecified atom stereocenters. The van der Waals surface area contributed by atoms with Crippen LogP contribution >= 0.6 is 0 Å². The second kappa shape index (κ2) is 7.65. The minimum atomic E-state index is -0.0129. The molecule has 0 aliphatic carbocycles. The van der Waals surface area contributed by atoms with Crippen LogP contribution < -0.4 is 10.5 Å². The molecule has 0 atom stereocenters. The van der Waals surface area contributed by atoms with E-state index in [0.29, 0.717) is 18.2 Å². The second-order valence-corrected chi connectivity index (χ2v) is 6.99. The summed E-state index contributed by atoms with van der Waals surface area (Å²) >= 11 is 0. The van der Waals surface area contributed by atoms with Crippen LogP contribution in [0.25, 0.3) is 11.3 Å². The smallest absolute Gasteiger partial charge is 0.253 e. The van der Waals surface area contributed by atoms with Crippen molar-refractivity contribution in [3.8, 4) is 11.3 Å². The molecule has 7 nitrogen and oxygen atoms in total. The van der Waals surface area contributed by atoms with Gasteiger partial charge in [-0.3, -0.25) is 14.3 Å². The zero-order valence-electron chi connectivity index (χ0n) is 15.3. The van der Waals surface area contributed by atoms with E-state index in [2.05, 4.69) is 24.8 Å². The fourth-order valence-corrected chi connectivity index (χ4v) is 3.39. The van der Waals surface area contributed by atoms with E-state index in [4.69, 9.17) is 0 Å². The van der Waals surface area contributed by atoms with Crippen molar-refractivity contribution in [2.75, 3.05) is 18.0 Å². The monoisotopic (exact) mass is 362 g/mol. The quantitative estimate of drug-likeness (QED) is 0.709. The van der Waals surface area contributed by atoms with E-state index in [1.807, 2.05) is 31.5 Å². The maximum atomic E-state index is 12.5. The van der Waals surface area contributed by atoms with Crippen LogP contribution in [0, 0.1) is 12.8 Å². The zero-order chi connectivity index (χ0) is 18.6. The molecule has 1 aliphatic rings. The molecule has 0 bridgehead atoms. The van der Waals surface area contributed by atoms with Gasteiger partial charge in [0.15, 0.2) is 0 Å². The molecule has 0 N–H and O–H groups in total. The number of hydrogen-bond acceptors (Lipinski definition) is 6. The number of piperidine rings is 1. The Labute approximate surface area is 157 Å². The summed E-state index contributed by atoms with van der Waals surface area (Å²) < 4.78 is 1.72. The predicted octanol–water partition coefficient (Wildman–Crippen LogP) is 2.32. The standard InChI is InChI=1S/C20H22N6O/c1-15-11-22-20(23-12-15)25-8-4-16(5-9-25)13-26-14-24-18(10-19(26)27)17-2-6-21-7-3-17/h2-3,6-7,10-12,14,16H,4-5,8-9,13H2,1H3.